The predicted octanol–water partition coefficient (Wildman–Crippen LogP) is 2.18. The van der Waals surface area contributed by atoms with Gasteiger partial charge >= 0.3 is 0 Å². The van der Waals surface area contributed by atoms with Crippen LogP contribution in [-0.2, 0) is 16.1 Å². The smallest absolute Gasteiger partial charge is 0.235 e. The first-order chi connectivity index (χ1) is 13.8. The number of hydrogen-bond acceptors (Lipinski definition) is 7. The first kappa shape index (κ1) is 19.3. The number of rotatable bonds is 7. The summed E-state index contributed by atoms with van der Waals surface area (Å²) in [6, 6.07) is 2.27. The van der Waals surface area contributed by atoms with Crippen LogP contribution in [0.3, 0.4) is 0 Å². The third kappa shape index (κ3) is 4.17. The van der Waals surface area contributed by atoms with Crippen LogP contribution in [-0.4, -0.2) is 62.5 Å². The Labute approximate surface area is 168 Å². The standard InChI is InChI=1S/C18H27N7O2S/c1-2-24-17(23-9-11-27-12-10-23)21-22-18(24)28-13-16(26)20-15-7-8-19-25(15)14-5-3-4-6-14/h7-8,14H,2-6,9-13H2,1H3,(H,20,26). The maximum Gasteiger partial charge on any atom is 0.235 e. The van der Waals surface area contributed by atoms with Crippen LogP contribution in [0.4, 0.5) is 11.8 Å². The monoisotopic (exact) mass is 405 g/mol. The highest BCUT2D eigenvalue weighted by molar-refractivity contribution is 7.99. The van der Waals surface area contributed by atoms with Crippen molar-refractivity contribution in [2.45, 2.75) is 50.4 Å². The molecule has 0 bridgehead atoms. The van der Waals surface area contributed by atoms with Crippen LogP contribution >= 0.6 is 11.8 Å². The molecule has 2 fully saturated rings. The molecule has 0 unspecified atom stereocenters. The molecule has 0 aromatic carbocycles. The minimum atomic E-state index is -0.0525. The number of anilines is 2. The fourth-order valence-corrected chi connectivity index (χ4v) is 4.62. The average molecular weight is 406 g/mol. The summed E-state index contributed by atoms with van der Waals surface area (Å²) in [4.78, 5) is 14.7. The number of hydrogen-bond donors (Lipinski definition) is 1. The second-order valence-electron chi connectivity index (χ2n) is 7.06. The van der Waals surface area contributed by atoms with E-state index in [1.54, 1.807) is 6.20 Å². The summed E-state index contributed by atoms with van der Waals surface area (Å²) >= 11 is 1.41. The van der Waals surface area contributed by atoms with Gasteiger partial charge in [-0.1, -0.05) is 24.6 Å². The van der Waals surface area contributed by atoms with Gasteiger partial charge in [-0.05, 0) is 19.8 Å². The predicted molar refractivity (Wildman–Crippen MR) is 108 cm³/mol. The number of carbonyl (C=O) groups excluding carboxylic acids is 1. The van der Waals surface area contributed by atoms with E-state index in [2.05, 4.69) is 37.0 Å². The molecule has 0 spiro atoms. The van der Waals surface area contributed by atoms with Crippen LogP contribution in [0, 0.1) is 0 Å². The maximum atomic E-state index is 12.5. The van der Waals surface area contributed by atoms with E-state index in [9.17, 15) is 4.79 Å². The summed E-state index contributed by atoms with van der Waals surface area (Å²) in [5.74, 6) is 1.87. The minimum absolute atomic E-state index is 0.0525. The van der Waals surface area contributed by atoms with Gasteiger partial charge in [0.1, 0.15) is 5.82 Å². The van der Waals surface area contributed by atoms with E-state index in [0.717, 1.165) is 49.4 Å². The molecule has 0 atom stereocenters. The quantitative estimate of drug-likeness (QED) is 0.706. The molecule has 152 valence electrons. The Morgan fingerprint density at radius 1 is 1.29 bits per heavy atom. The second kappa shape index (κ2) is 8.95. The zero-order chi connectivity index (χ0) is 19.3. The highest BCUT2D eigenvalue weighted by Gasteiger charge is 2.22. The Morgan fingerprint density at radius 3 is 2.82 bits per heavy atom. The van der Waals surface area contributed by atoms with Crippen LogP contribution in [0.5, 0.6) is 0 Å². The van der Waals surface area contributed by atoms with Gasteiger partial charge < -0.3 is 15.0 Å². The summed E-state index contributed by atoms with van der Waals surface area (Å²) in [6.07, 6.45) is 6.47. The van der Waals surface area contributed by atoms with E-state index in [-0.39, 0.29) is 11.7 Å². The Balaban J connectivity index is 1.36. The number of aromatic nitrogens is 5. The molecule has 9 nitrogen and oxygen atoms in total. The van der Waals surface area contributed by atoms with E-state index in [0.29, 0.717) is 19.3 Å². The Morgan fingerprint density at radius 2 is 2.07 bits per heavy atom. The molecule has 1 aliphatic carbocycles. The molecular weight excluding hydrogens is 378 g/mol. The van der Waals surface area contributed by atoms with Gasteiger partial charge in [0.25, 0.3) is 0 Å². The van der Waals surface area contributed by atoms with E-state index in [4.69, 9.17) is 4.74 Å². The topological polar surface area (TPSA) is 90.1 Å². The van der Waals surface area contributed by atoms with Gasteiger partial charge in [-0.3, -0.25) is 9.36 Å². The van der Waals surface area contributed by atoms with E-state index < -0.39 is 0 Å². The molecule has 2 aliphatic rings. The number of nitrogens with one attached hydrogen (secondary N) is 1. The normalized spacial score (nSPS) is 18.0. The van der Waals surface area contributed by atoms with E-state index >= 15 is 0 Å². The minimum Gasteiger partial charge on any atom is -0.378 e. The number of ether oxygens (including phenoxy) is 1. The van der Waals surface area contributed by atoms with Crippen molar-refractivity contribution in [3.05, 3.63) is 12.3 Å². The molecule has 2 aromatic heterocycles. The lowest BCUT2D eigenvalue weighted by molar-refractivity contribution is -0.113. The van der Waals surface area contributed by atoms with Gasteiger partial charge in [0.05, 0.1) is 31.2 Å². The van der Waals surface area contributed by atoms with Crippen molar-refractivity contribution in [1.82, 2.24) is 24.5 Å². The molecule has 1 amide bonds. The molecule has 1 aliphatic heterocycles. The van der Waals surface area contributed by atoms with Crippen molar-refractivity contribution in [2.75, 3.05) is 42.3 Å². The van der Waals surface area contributed by atoms with Crippen LogP contribution in [0.25, 0.3) is 0 Å². The van der Waals surface area contributed by atoms with Crippen molar-refractivity contribution in [3.8, 4) is 0 Å². The lowest BCUT2D eigenvalue weighted by Gasteiger charge is -2.27. The molecule has 3 heterocycles. The summed E-state index contributed by atoms with van der Waals surface area (Å²) < 4.78 is 9.43. The van der Waals surface area contributed by atoms with Gasteiger partial charge in [-0.15, -0.1) is 10.2 Å². The first-order valence-electron chi connectivity index (χ1n) is 9.98. The first-order valence-corrected chi connectivity index (χ1v) is 11.0. The molecular formula is C18H27N7O2S. The van der Waals surface area contributed by atoms with Crippen LogP contribution in [0.1, 0.15) is 38.6 Å². The summed E-state index contributed by atoms with van der Waals surface area (Å²) in [7, 11) is 0. The zero-order valence-electron chi connectivity index (χ0n) is 16.2. The van der Waals surface area contributed by atoms with Crippen LogP contribution in [0.2, 0.25) is 0 Å². The van der Waals surface area contributed by atoms with Crippen molar-refractivity contribution >= 4 is 29.4 Å². The molecule has 2 aromatic rings. The van der Waals surface area contributed by atoms with Crippen molar-refractivity contribution in [2.24, 2.45) is 0 Å². The third-order valence-corrected chi connectivity index (χ3v) is 6.21. The Hall–Kier alpha value is -2.07. The number of amides is 1. The summed E-state index contributed by atoms with van der Waals surface area (Å²) in [5, 5.41) is 16.8. The van der Waals surface area contributed by atoms with Gasteiger partial charge in [0.2, 0.25) is 11.9 Å². The number of carbonyl (C=O) groups is 1. The summed E-state index contributed by atoms with van der Waals surface area (Å²) in [6.45, 7) is 5.87. The lowest BCUT2D eigenvalue weighted by atomic mass is 10.2. The highest BCUT2D eigenvalue weighted by Crippen LogP contribution is 2.31. The van der Waals surface area contributed by atoms with Gasteiger partial charge in [0, 0.05) is 25.7 Å². The molecule has 4 rings (SSSR count). The molecule has 0 radical (unpaired) electrons. The third-order valence-electron chi connectivity index (χ3n) is 5.25. The molecule has 1 saturated carbocycles. The number of nitrogens with zero attached hydrogens (tertiary/aromatic N) is 6. The summed E-state index contributed by atoms with van der Waals surface area (Å²) in [5.41, 5.74) is 0. The zero-order valence-corrected chi connectivity index (χ0v) is 17.0. The fourth-order valence-electron chi connectivity index (χ4n) is 3.82. The van der Waals surface area contributed by atoms with Gasteiger partial charge in [-0.2, -0.15) is 5.10 Å². The van der Waals surface area contributed by atoms with Crippen LogP contribution in [0.15, 0.2) is 17.4 Å². The van der Waals surface area contributed by atoms with Gasteiger partial charge in [0.15, 0.2) is 5.16 Å². The molecule has 10 heteroatoms. The van der Waals surface area contributed by atoms with Crippen molar-refractivity contribution < 1.29 is 9.53 Å². The molecule has 1 N–H and O–H groups in total. The number of thioether (sulfide) groups is 1. The largest absolute Gasteiger partial charge is 0.378 e. The fraction of sp³-hybridized carbons (Fsp3) is 0.667. The highest BCUT2D eigenvalue weighted by atomic mass is 32.2. The number of morpholine rings is 1. The SMILES string of the molecule is CCn1c(SCC(=O)Nc2ccnn2C2CCCC2)nnc1N1CCOCC1. The molecule has 28 heavy (non-hydrogen) atoms. The Kier molecular flexibility index (Phi) is 6.16. The Bertz CT molecular complexity index is 794. The second-order valence-corrected chi connectivity index (χ2v) is 8.00. The molecule has 1 saturated heterocycles. The van der Waals surface area contributed by atoms with Crippen molar-refractivity contribution in [1.29, 1.82) is 0 Å². The lowest BCUT2D eigenvalue weighted by Crippen LogP contribution is -2.38. The van der Waals surface area contributed by atoms with Crippen LogP contribution < -0.4 is 10.2 Å². The van der Waals surface area contributed by atoms with Gasteiger partial charge in [-0.25, -0.2) is 4.68 Å². The van der Waals surface area contributed by atoms with Crippen molar-refractivity contribution in [3.63, 3.8) is 0 Å². The average Bonchev–Trinajstić information content (AvgIpc) is 3.47. The van der Waals surface area contributed by atoms with E-state index in [1.165, 1.54) is 24.6 Å². The maximum absolute atomic E-state index is 12.5. The van der Waals surface area contributed by atoms with E-state index in [1.807, 2.05) is 10.7 Å².